The Balaban J connectivity index is 1.70. The number of ether oxygens (including phenoxy) is 1. The zero-order valence-corrected chi connectivity index (χ0v) is 9.22. The van der Waals surface area contributed by atoms with Crippen molar-refractivity contribution in [3.8, 4) is 0 Å². The van der Waals surface area contributed by atoms with E-state index in [2.05, 4.69) is 15.2 Å². The van der Waals surface area contributed by atoms with Gasteiger partial charge in [-0.3, -0.25) is 5.10 Å². The topological polar surface area (TPSA) is 71.0 Å². The van der Waals surface area contributed by atoms with Crippen LogP contribution in [0.25, 0.3) is 0 Å². The molecule has 2 fully saturated rings. The van der Waals surface area contributed by atoms with Gasteiger partial charge in [0.25, 0.3) is 0 Å². The van der Waals surface area contributed by atoms with Crippen molar-refractivity contribution in [2.24, 2.45) is 5.92 Å². The molecule has 1 aromatic heterocycles. The summed E-state index contributed by atoms with van der Waals surface area (Å²) in [5, 5.41) is 16.7. The van der Waals surface area contributed by atoms with E-state index in [-0.39, 0.29) is 11.5 Å². The predicted octanol–water partition coefficient (Wildman–Crippen LogP) is 1.19. The minimum atomic E-state index is -0.524. The molecular formula is C11H17N3O2. The highest BCUT2D eigenvalue weighted by atomic mass is 16.5. The van der Waals surface area contributed by atoms with Gasteiger partial charge in [0, 0.05) is 6.61 Å². The average Bonchev–Trinajstić information content (AvgIpc) is 2.79. The maximum absolute atomic E-state index is 10.2. The Kier molecular flexibility index (Phi) is 2.44. The lowest BCUT2D eigenvalue weighted by atomic mass is 9.71. The smallest absolute Gasteiger partial charge is 0.153 e. The molecule has 5 nitrogen and oxygen atoms in total. The summed E-state index contributed by atoms with van der Waals surface area (Å²) in [6.07, 6.45) is 6.32. The van der Waals surface area contributed by atoms with Crippen LogP contribution in [0.2, 0.25) is 0 Å². The van der Waals surface area contributed by atoms with Gasteiger partial charge in [-0.05, 0) is 38.0 Å². The minimum Gasteiger partial charge on any atom is -0.385 e. The molecule has 3 rings (SSSR count). The number of nitrogens with zero attached hydrogens (tertiary/aromatic N) is 2. The third-order valence-corrected chi connectivity index (χ3v) is 3.96. The van der Waals surface area contributed by atoms with Gasteiger partial charge in [-0.2, -0.15) is 5.10 Å². The first-order valence-corrected chi connectivity index (χ1v) is 5.96. The highest BCUT2D eigenvalue weighted by Gasteiger charge is 2.44. The molecule has 88 valence electrons. The molecule has 0 aromatic carbocycles. The van der Waals surface area contributed by atoms with Crippen molar-refractivity contribution in [3.05, 3.63) is 12.2 Å². The molecule has 5 heteroatoms. The SMILES string of the molecule is OC(c1ncn[nH]1)C1CCOC2(CCC2)C1. The fourth-order valence-electron chi connectivity index (χ4n) is 2.84. The number of aromatic amines is 1. The lowest BCUT2D eigenvalue weighted by molar-refractivity contribution is -0.158. The van der Waals surface area contributed by atoms with Crippen molar-refractivity contribution >= 4 is 0 Å². The molecule has 0 bridgehead atoms. The first kappa shape index (κ1) is 10.2. The number of rotatable bonds is 2. The maximum Gasteiger partial charge on any atom is 0.153 e. The third-order valence-electron chi connectivity index (χ3n) is 3.96. The largest absolute Gasteiger partial charge is 0.385 e. The van der Waals surface area contributed by atoms with Crippen LogP contribution in [-0.4, -0.2) is 32.5 Å². The van der Waals surface area contributed by atoms with Crippen LogP contribution in [0, 0.1) is 5.92 Å². The van der Waals surface area contributed by atoms with E-state index in [1.807, 2.05) is 0 Å². The van der Waals surface area contributed by atoms with Crippen molar-refractivity contribution in [1.82, 2.24) is 15.2 Å². The van der Waals surface area contributed by atoms with Crippen molar-refractivity contribution in [2.45, 2.75) is 43.8 Å². The average molecular weight is 223 g/mol. The number of hydrogen-bond acceptors (Lipinski definition) is 4. The molecule has 1 saturated heterocycles. The molecule has 1 aliphatic heterocycles. The Morgan fingerprint density at radius 1 is 1.56 bits per heavy atom. The Labute approximate surface area is 94.2 Å². The number of aliphatic hydroxyl groups excluding tert-OH is 1. The number of nitrogens with one attached hydrogen (secondary N) is 1. The Morgan fingerprint density at radius 2 is 2.44 bits per heavy atom. The second-order valence-corrected chi connectivity index (χ2v) is 4.95. The monoisotopic (exact) mass is 223 g/mol. The molecule has 1 spiro atoms. The fraction of sp³-hybridized carbons (Fsp3) is 0.818. The summed E-state index contributed by atoms with van der Waals surface area (Å²) in [6, 6.07) is 0. The maximum atomic E-state index is 10.2. The van der Waals surface area contributed by atoms with Gasteiger partial charge in [0.15, 0.2) is 5.82 Å². The van der Waals surface area contributed by atoms with E-state index in [1.165, 1.54) is 12.7 Å². The normalized spacial score (nSPS) is 29.9. The van der Waals surface area contributed by atoms with Gasteiger partial charge in [0.2, 0.25) is 0 Å². The molecule has 16 heavy (non-hydrogen) atoms. The van der Waals surface area contributed by atoms with Crippen LogP contribution in [0.5, 0.6) is 0 Å². The summed E-state index contributed by atoms with van der Waals surface area (Å²) in [7, 11) is 0. The van der Waals surface area contributed by atoms with Crippen molar-refractivity contribution in [3.63, 3.8) is 0 Å². The Bertz CT molecular complexity index is 348. The van der Waals surface area contributed by atoms with E-state index in [0.717, 1.165) is 32.3 Å². The standard InChI is InChI=1S/C11H17N3O2/c15-9(10-12-7-13-14-10)8-2-5-16-11(6-8)3-1-4-11/h7-9,15H,1-6H2,(H,12,13,14). The molecule has 0 amide bonds. The first-order chi connectivity index (χ1) is 7.79. The van der Waals surface area contributed by atoms with E-state index in [9.17, 15) is 5.11 Å². The van der Waals surface area contributed by atoms with E-state index in [4.69, 9.17) is 4.74 Å². The van der Waals surface area contributed by atoms with Gasteiger partial charge < -0.3 is 9.84 Å². The van der Waals surface area contributed by atoms with Crippen LogP contribution < -0.4 is 0 Å². The number of aromatic nitrogens is 3. The highest BCUT2D eigenvalue weighted by Crippen LogP contribution is 2.46. The van der Waals surface area contributed by atoms with E-state index in [1.54, 1.807) is 0 Å². The predicted molar refractivity (Wildman–Crippen MR) is 56.6 cm³/mol. The summed E-state index contributed by atoms with van der Waals surface area (Å²) in [6.45, 7) is 0.760. The molecule has 2 N–H and O–H groups in total. The fourth-order valence-corrected chi connectivity index (χ4v) is 2.84. The van der Waals surface area contributed by atoms with Crippen LogP contribution in [0.4, 0.5) is 0 Å². The van der Waals surface area contributed by atoms with Crippen LogP contribution in [0.3, 0.4) is 0 Å². The zero-order valence-electron chi connectivity index (χ0n) is 9.22. The van der Waals surface area contributed by atoms with E-state index >= 15 is 0 Å². The summed E-state index contributed by atoms with van der Waals surface area (Å²) < 4.78 is 5.84. The molecule has 2 unspecified atom stereocenters. The molecule has 1 aromatic rings. The van der Waals surface area contributed by atoms with E-state index in [0.29, 0.717) is 5.82 Å². The van der Waals surface area contributed by atoms with Gasteiger partial charge in [0.1, 0.15) is 12.4 Å². The van der Waals surface area contributed by atoms with Crippen molar-refractivity contribution < 1.29 is 9.84 Å². The highest BCUT2D eigenvalue weighted by molar-refractivity contribution is 4.99. The summed E-state index contributed by atoms with van der Waals surface area (Å²) in [5.74, 6) is 0.836. The first-order valence-electron chi connectivity index (χ1n) is 5.96. The lowest BCUT2D eigenvalue weighted by Crippen LogP contribution is -2.46. The van der Waals surface area contributed by atoms with Crippen LogP contribution in [0.15, 0.2) is 6.33 Å². The molecule has 0 radical (unpaired) electrons. The molecular weight excluding hydrogens is 206 g/mol. The Hall–Kier alpha value is -0.940. The second kappa shape index (κ2) is 3.82. The minimum absolute atomic E-state index is 0.0733. The summed E-state index contributed by atoms with van der Waals surface area (Å²) in [5.41, 5.74) is 0.0733. The number of hydrogen-bond donors (Lipinski definition) is 2. The molecule has 2 atom stereocenters. The number of H-pyrrole nitrogens is 1. The molecule has 1 saturated carbocycles. The summed E-state index contributed by atoms with van der Waals surface area (Å²) in [4.78, 5) is 4.03. The molecule has 2 aliphatic rings. The van der Waals surface area contributed by atoms with Gasteiger partial charge >= 0.3 is 0 Å². The summed E-state index contributed by atoms with van der Waals surface area (Å²) >= 11 is 0. The van der Waals surface area contributed by atoms with E-state index < -0.39 is 6.10 Å². The zero-order chi connectivity index (χ0) is 11.0. The van der Waals surface area contributed by atoms with Gasteiger partial charge in [-0.15, -0.1) is 0 Å². The second-order valence-electron chi connectivity index (χ2n) is 4.95. The van der Waals surface area contributed by atoms with Crippen molar-refractivity contribution in [1.29, 1.82) is 0 Å². The Morgan fingerprint density at radius 3 is 3.06 bits per heavy atom. The molecule has 2 heterocycles. The van der Waals surface area contributed by atoms with Crippen LogP contribution >= 0.6 is 0 Å². The third kappa shape index (κ3) is 1.64. The quantitative estimate of drug-likeness (QED) is 0.790. The molecule has 1 aliphatic carbocycles. The van der Waals surface area contributed by atoms with Gasteiger partial charge in [-0.25, -0.2) is 4.98 Å². The number of aliphatic hydroxyl groups is 1. The van der Waals surface area contributed by atoms with Gasteiger partial charge in [-0.1, -0.05) is 0 Å². The lowest BCUT2D eigenvalue weighted by Gasteiger charge is -2.47. The van der Waals surface area contributed by atoms with Crippen LogP contribution in [-0.2, 0) is 4.74 Å². The van der Waals surface area contributed by atoms with Crippen LogP contribution in [0.1, 0.15) is 44.0 Å². The van der Waals surface area contributed by atoms with Crippen molar-refractivity contribution in [2.75, 3.05) is 6.61 Å². The van der Waals surface area contributed by atoms with Gasteiger partial charge in [0.05, 0.1) is 5.60 Å².